The molecule has 1 aromatic heterocycles. The normalized spacial score (nSPS) is 10.7. The van der Waals surface area contributed by atoms with Gasteiger partial charge in [-0.05, 0) is 24.3 Å². The molecule has 0 saturated heterocycles. The molecule has 6 heteroatoms. The van der Waals surface area contributed by atoms with Crippen molar-refractivity contribution < 1.29 is 19.4 Å². The molecule has 0 saturated carbocycles. The molecule has 1 N–H and O–H groups in total. The highest BCUT2D eigenvalue weighted by Crippen LogP contribution is 2.27. The van der Waals surface area contributed by atoms with E-state index >= 15 is 0 Å². The average molecular weight is 374 g/mol. The molecule has 0 atom stereocenters. The summed E-state index contributed by atoms with van der Waals surface area (Å²) < 4.78 is 7.31. The maximum atomic E-state index is 12.9. The zero-order valence-corrected chi connectivity index (χ0v) is 13.7. The second kappa shape index (κ2) is 5.89. The van der Waals surface area contributed by atoms with E-state index in [1.165, 1.54) is 17.9 Å². The predicted molar refractivity (Wildman–Crippen MR) is 89.3 cm³/mol. The molecule has 3 rings (SSSR count). The smallest absolute Gasteiger partial charge is 0.337 e. The number of hydrogen-bond acceptors (Lipinski definition) is 3. The van der Waals surface area contributed by atoms with Gasteiger partial charge in [-0.1, -0.05) is 34.1 Å². The standard InChI is InChI=1S/C17H12BrNO4/c1-23-15-7-6-10(18)8-12(15)16(20)19-9-13(17(21)22)11-4-2-3-5-14(11)19/h2-9H,1H3,(H,21,22). The van der Waals surface area contributed by atoms with Gasteiger partial charge < -0.3 is 9.84 Å². The predicted octanol–water partition coefficient (Wildman–Crippen LogP) is 3.80. The highest BCUT2D eigenvalue weighted by molar-refractivity contribution is 9.10. The first-order valence-electron chi connectivity index (χ1n) is 6.74. The number of benzene rings is 2. The molecule has 1 heterocycles. The van der Waals surface area contributed by atoms with Gasteiger partial charge in [-0.15, -0.1) is 0 Å². The number of nitrogens with zero attached hydrogens (tertiary/aromatic N) is 1. The molecule has 23 heavy (non-hydrogen) atoms. The number of ether oxygens (including phenoxy) is 1. The number of para-hydroxylation sites is 1. The van der Waals surface area contributed by atoms with E-state index in [1.807, 2.05) is 0 Å². The van der Waals surface area contributed by atoms with E-state index in [-0.39, 0.29) is 11.5 Å². The number of carboxylic acids is 1. The number of carbonyl (C=O) groups is 2. The Kier molecular flexibility index (Phi) is 3.92. The van der Waals surface area contributed by atoms with Gasteiger partial charge in [0, 0.05) is 16.1 Å². The molecule has 0 spiro atoms. The number of carboxylic acid groups (broad SMARTS) is 1. The van der Waals surface area contributed by atoms with Gasteiger partial charge >= 0.3 is 5.97 Å². The number of rotatable bonds is 3. The first kappa shape index (κ1) is 15.3. The summed E-state index contributed by atoms with van der Waals surface area (Å²) >= 11 is 3.33. The third-order valence-corrected chi connectivity index (χ3v) is 4.05. The quantitative estimate of drug-likeness (QED) is 0.757. The maximum absolute atomic E-state index is 12.9. The third-order valence-electron chi connectivity index (χ3n) is 3.55. The first-order chi connectivity index (χ1) is 11.0. The van der Waals surface area contributed by atoms with Crippen LogP contribution in [0.15, 0.2) is 53.1 Å². The SMILES string of the molecule is COc1ccc(Br)cc1C(=O)n1cc(C(=O)O)c2ccccc21. The van der Waals surface area contributed by atoms with Gasteiger partial charge in [0.25, 0.3) is 5.91 Å². The lowest BCUT2D eigenvalue weighted by atomic mass is 10.1. The van der Waals surface area contributed by atoms with Crippen molar-refractivity contribution in [1.29, 1.82) is 0 Å². The van der Waals surface area contributed by atoms with E-state index in [2.05, 4.69) is 15.9 Å². The van der Waals surface area contributed by atoms with E-state index < -0.39 is 5.97 Å². The molecule has 0 bridgehead atoms. The fourth-order valence-corrected chi connectivity index (χ4v) is 2.86. The van der Waals surface area contributed by atoms with Gasteiger partial charge in [-0.25, -0.2) is 4.79 Å². The van der Waals surface area contributed by atoms with Crippen molar-refractivity contribution in [1.82, 2.24) is 4.57 Å². The van der Waals surface area contributed by atoms with Gasteiger partial charge in [0.1, 0.15) is 5.75 Å². The van der Waals surface area contributed by atoms with Crippen molar-refractivity contribution in [2.45, 2.75) is 0 Å². The molecular weight excluding hydrogens is 362 g/mol. The van der Waals surface area contributed by atoms with Crippen LogP contribution in [-0.4, -0.2) is 28.7 Å². The molecule has 0 fully saturated rings. The molecule has 3 aromatic rings. The molecular formula is C17H12BrNO4. The fraction of sp³-hybridized carbons (Fsp3) is 0.0588. The first-order valence-corrected chi connectivity index (χ1v) is 7.54. The fourth-order valence-electron chi connectivity index (χ4n) is 2.50. The van der Waals surface area contributed by atoms with Crippen LogP contribution in [0.3, 0.4) is 0 Å². The van der Waals surface area contributed by atoms with Crippen LogP contribution in [0.4, 0.5) is 0 Å². The monoisotopic (exact) mass is 373 g/mol. The summed E-state index contributed by atoms with van der Waals surface area (Å²) in [5.74, 6) is -1.01. The van der Waals surface area contributed by atoms with Crippen LogP contribution < -0.4 is 4.74 Å². The lowest BCUT2D eigenvalue weighted by Gasteiger charge is -2.09. The summed E-state index contributed by atoms with van der Waals surface area (Å²) in [6, 6.07) is 12.0. The minimum absolute atomic E-state index is 0.0860. The number of fused-ring (bicyclic) bond motifs is 1. The number of aromatic nitrogens is 1. The Hall–Kier alpha value is -2.60. The molecule has 5 nitrogen and oxygen atoms in total. The third kappa shape index (κ3) is 2.61. The topological polar surface area (TPSA) is 68.5 Å². The molecule has 0 aliphatic carbocycles. The highest BCUT2D eigenvalue weighted by Gasteiger charge is 2.21. The minimum Gasteiger partial charge on any atom is -0.496 e. The van der Waals surface area contributed by atoms with Crippen LogP contribution in [0.25, 0.3) is 10.9 Å². The maximum Gasteiger partial charge on any atom is 0.337 e. The molecule has 0 radical (unpaired) electrons. The zero-order chi connectivity index (χ0) is 16.6. The summed E-state index contributed by atoms with van der Waals surface area (Å²) in [6.07, 6.45) is 1.34. The van der Waals surface area contributed by atoms with E-state index in [0.717, 1.165) is 4.47 Å². The van der Waals surface area contributed by atoms with E-state index in [0.29, 0.717) is 22.2 Å². The van der Waals surface area contributed by atoms with Gasteiger partial charge in [-0.2, -0.15) is 0 Å². The Morgan fingerprint density at radius 3 is 2.57 bits per heavy atom. The Morgan fingerprint density at radius 1 is 1.13 bits per heavy atom. The molecule has 2 aromatic carbocycles. The van der Waals surface area contributed by atoms with Crippen LogP contribution in [0.1, 0.15) is 20.7 Å². The largest absolute Gasteiger partial charge is 0.496 e. The van der Waals surface area contributed by atoms with E-state index in [4.69, 9.17) is 4.74 Å². The average Bonchev–Trinajstić information content (AvgIpc) is 2.94. The highest BCUT2D eigenvalue weighted by atomic mass is 79.9. The van der Waals surface area contributed by atoms with Crippen LogP contribution in [0.5, 0.6) is 5.75 Å². The van der Waals surface area contributed by atoms with E-state index in [9.17, 15) is 14.7 Å². The zero-order valence-electron chi connectivity index (χ0n) is 12.1. The van der Waals surface area contributed by atoms with Gasteiger partial charge in [0.05, 0.1) is 23.8 Å². The van der Waals surface area contributed by atoms with Crippen LogP contribution in [0, 0.1) is 0 Å². The van der Waals surface area contributed by atoms with Crippen molar-refractivity contribution in [3.63, 3.8) is 0 Å². The number of methoxy groups -OCH3 is 1. The second-order valence-corrected chi connectivity index (χ2v) is 5.80. The molecule has 0 aliphatic rings. The Morgan fingerprint density at radius 2 is 1.87 bits per heavy atom. The van der Waals surface area contributed by atoms with Crippen LogP contribution >= 0.6 is 15.9 Å². The van der Waals surface area contributed by atoms with Crippen molar-refractivity contribution >= 4 is 38.7 Å². The van der Waals surface area contributed by atoms with Crippen molar-refractivity contribution in [3.05, 3.63) is 64.3 Å². The van der Waals surface area contributed by atoms with Gasteiger partial charge in [0.15, 0.2) is 0 Å². The summed E-state index contributed by atoms with van der Waals surface area (Å²) in [5.41, 5.74) is 0.972. The summed E-state index contributed by atoms with van der Waals surface area (Å²) in [5, 5.41) is 9.85. The number of halogens is 1. The molecule has 116 valence electrons. The van der Waals surface area contributed by atoms with Gasteiger partial charge in [0.2, 0.25) is 0 Å². The van der Waals surface area contributed by atoms with Crippen LogP contribution in [0.2, 0.25) is 0 Å². The summed E-state index contributed by atoms with van der Waals surface area (Å²) in [4.78, 5) is 24.3. The van der Waals surface area contributed by atoms with Crippen molar-refractivity contribution in [2.24, 2.45) is 0 Å². The minimum atomic E-state index is -1.08. The number of hydrogen-bond donors (Lipinski definition) is 1. The Balaban J connectivity index is 2.23. The van der Waals surface area contributed by atoms with Crippen LogP contribution in [-0.2, 0) is 0 Å². The Labute approximate surface area is 140 Å². The molecule has 0 amide bonds. The summed E-state index contributed by atoms with van der Waals surface area (Å²) in [7, 11) is 1.48. The lowest BCUT2D eigenvalue weighted by molar-refractivity contribution is 0.0699. The van der Waals surface area contributed by atoms with Crippen molar-refractivity contribution in [2.75, 3.05) is 7.11 Å². The van der Waals surface area contributed by atoms with E-state index in [1.54, 1.807) is 42.5 Å². The summed E-state index contributed by atoms with van der Waals surface area (Å²) in [6.45, 7) is 0. The van der Waals surface area contributed by atoms with Crippen molar-refractivity contribution in [3.8, 4) is 5.75 Å². The number of carbonyl (C=O) groups excluding carboxylic acids is 1. The molecule has 0 unspecified atom stereocenters. The molecule has 0 aliphatic heterocycles. The second-order valence-electron chi connectivity index (χ2n) is 4.88. The van der Waals surface area contributed by atoms with Gasteiger partial charge in [-0.3, -0.25) is 9.36 Å². The Bertz CT molecular complexity index is 929. The number of aromatic carboxylic acids is 1. The lowest BCUT2D eigenvalue weighted by Crippen LogP contribution is -2.12.